The second kappa shape index (κ2) is 6.05. The summed E-state index contributed by atoms with van der Waals surface area (Å²) in [6.07, 6.45) is 2.62. The summed E-state index contributed by atoms with van der Waals surface area (Å²) in [5, 5.41) is 0.0866. The number of halogens is 1. The van der Waals surface area contributed by atoms with Crippen molar-refractivity contribution in [3.8, 4) is 5.75 Å². The fraction of sp³-hybridized carbons (Fsp3) is 0.300. The summed E-state index contributed by atoms with van der Waals surface area (Å²) in [5.74, 6) is -0.233. The van der Waals surface area contributed by atoms with Crippen molar-refractivity contribution in [3.63, 3.8) is 0 Å². The van der Waals surface area contributed by atoms with Crippen molar-refractivity contribution in [1.82, 2.24) is 9.97 Å². The van der Waals surface area contributed by atoms with Gasteiger partial charge in [0.05, 0.1) is 13.7 Å². The summed E-state index contributed by atoms with van der Waals surface area (Å²) < 4.78 is 9.73. The van der Waals surface area contributed by atoms with Gasteiger partial charge in [-0.25, -0.2) is 9.78 Å². The number of esters is 1. The molecule has 0 spiro atoms. The largest absolute Gasteiger partial charge is 0.491 e. The molecule has 0 aromatic carbocycles. The molecule has 17 heavy (non-hydrogen) atoms. The van der Waals surface area contributed by atoms with E-state index in [9.17, 15) is 4.79 Å². The molecular formula is C10H12ClN3O3. The zero-order valence-electron chi connectivity index (χ0n) is 9.44. The predicted octanol–water partition coefficient (Wildman–Crippen LogP) is 1.30. The molecule has 6 nitrogen and oxygen atoms in total. The molecule has 0 aliphatic heterocycles. The van der Waals surface area contributed by atoms with E-state index in [1.54, 1.807) is 6.92 Å². The maximum absolute atomic E-state index is 11.1. The first-order chi connectivity index (χ1) is 8.08. The molecule has 0 aliphatic carbocycles. The lowest BCUT2D eigenvalue weighted by atomic mass is 10.3. The van der Waals surface area contributed by atoms with E-state index in [-0.39, 0.29) is 16.9 Å². The number of rotatable bonds is 4. The van der Waals surface area contributed by atoms with E-state index < -0.39 is 5.97 Å². The second-order valence-electron chi connectivity index (χ2n) is 2.88. The number of methoxy groups -OCH3 is 1. The number of hydrogen-bond acceptors (Lipinski definition) is 6. The Morgan fingerprint density at radius 1 is 1.53 bits per heavy atom. The van der Waals surface area contributed by atoms with Crippen LogP contribution < -0.4 is 10.5 Å². The number of ether oxygens (including phenoxy) is 2. The average molecular weight is 258 g/mol. The Morgan fingerprint density at radius 2 is 2.24 bits per heavy atom. The highest BCUT2D eigenvalue weighted by Crippen LogP contribution is 2.26. The highest BCUT2D eigenvalue weighted by Gasteiger charge is 2.10. The van der Waals surface area contributed by atoms with E-state index in [2.05, 4.69) is 9.97 Å². The van der Waals surface area contributed by atoms with Gasteiger partial charge in [-0.1, -0.05) is 11.6 Å². The van der Waals surface area contributed by atoms with Crippen LogP contribution in [0.4, 0.5) is 5.95 Å². The van der Waals surface area contributed by atoms with Gasteiger partial charge in [-0.05, 0) is 13.0 Å². The van der Waals surface area contributed by atoms with Crippen LogP contribution in [0.3, 0.4) is 0 Å². The van der Waals surface area contributed by atoms with Gasteiger partial charge in [0.25, 0.3) is 0 Å². The number of nitrogens with zero attached hydrogens (tertiary/aromatic N) is 2. The molecule has 1 heterocycles. The summed E-state index contributed by atoms with van der Waals surface area (Å²) in [7, 11) is 1.42. The molecule has 0 aliphatic rings. The van der Waals surface area contributed by atoms with Crippen molar-refractivity contribution >= 4 is 29.6 Å². The first-order valence-electron chi connectivity index (χ1n) is 4.80. The van der Waals surface area contributed by atoms with Crippen LogP contribution in [-0.2, 0) is 9.53 Å². The van der Waals surface area contributed by atoms with Gasteiger partial charge in [-0.3, -0.25) is 0 Å². The average Bonchev–Trinajstić information content (AvgIpc) is 2.26. The van der Waals surface area contributed by atoms with Gasteiger partial charge in [0, 0.05) is 6.08 Å². The molecule has 0 radical (unpaired) electrons. The van der Waals surface area contributed by atoms with Gasteiger partial charge in [-0.2, -0.15) is 4.98 Å². The SMILES string of the molecule is CCOC(=O)/C=C/c1nc(N)nc(Cl)c1OC. The van der Waals surface area contributed by atoms with Gasteiger partial charge >= 0.3 is 5.97 Å². The van der Waals surface area contributed by atoms with E-state index in [0.717, 1.165) is 0 Å². The molecule has 7 heteroatoms. The van der Waals surface area contributed by atoms with Crippen molar-refractivity contribution in [2.24, 2.45) is 0 Å². The third-order valence-corrected chi connectivity index (χ3v) is 1.99. The summed E-state index contributed by atoms with van der Waals surface area (Å²) in [6.45, 7) is 2.01. The van der Waals surface area contributed by atoms with Gasteiger partial charge in [0.2, 0.25) is 5.95 Å². The predicted molar refractivity (Wildman–Crippen MR) is 63.7 cm³/mol. The Hall–Kier alpha value is -1.82. The lowest BCUT2D eigenvalue weighted by Gasteiger charge is -2.06. The van der Waals surface area contributed by atoms with E-state index in [1.807, 2.05) is 0 Å². The zero-order chi connectivity index (χ0) is 12.8. The number of aromatic nitrogens is 2. The van der Waals surface area contributed by atoms with Crippen molar-refractivity contribution in [2.45, 2.75) is 6.92 Å². The highest BCUT2D eigenvalue weighted by molar-refractivity contribution is 6.31. The van der Waals surface area contributed by atoms with Crippen LogP contribution in [0.15, 0.2) is 6.08 Å². The Bertz CT molecular complexity index is 449. The molecule has 1 aromatic heterocycles. The van der Waals surface area contributed by atoms with Crippen LogP contribution in [0.5, 0.6) is 5.75 Å². The van der Waals surface area contributed by atoms with Crippen LogP contribution in [0.2, 0.25) is 5.15 Å². The molecule has 0 amide bonds. The Balaban J connectivity index is 3.01. The standard InChI is InChI=1S/C10H12ClN3O3/c1-3-17-7(15)5-4-6-8(16-2)9(11)14-10(12)13-6/h4-5H,3H2,1-2H3,(H2,12,13,14)/b5-4+. The third kappa shape index (κ3) is 3.60. The molecule has 0 bridgehead atoms. The third-order valence-electron chi connectivity index (χ3n) is 1.74. The van der Waals surface area contributed by atoms with Gasteiger partial charge in [0.1, 0.15) is 5.69 Å². The lowest BCUT2D eigenvalue weighted by molar-refractivity contribution is -0.137. The summed E-state index contributed by atoms with van der Waals surface area (Å²) in [5.41, 5.74) is 5.75. The van der Waals surface area contributed by atoms with Crippen molar-refractivity contribution in [2.75, 3.05) is 19.5 Å². The first-order valence-corrected chi connectivity index (χ1v) is 5.18. The Morgan fingerprint density at radius 3 is 2.82 bits per heavy atom. The quantitative estimate of drug-likeness (QED) is 0.497. The minimum atomic E-state index is -0.483. The molecule has 0 saturated carbocycles. The van der Waals surface area contributed by atoms with Gasteiger partial charge in [-0.15, -0.1) is 0 Å². The molecule has 1 aromatic rings. The Labute approximate surface area is 103 Å². The molecule has 1 rings (SSSR count). The lowest BCUT2D eigenvalue weighted by Crippen LogP contribution is -2.02. The monoisotopic (exact) mass is 257 g/mol. The number of nitrogen functional groups attached to an aromatic ring is 1. The molecule has 0 atom stereocenters. The normalized spacial score (nSPS) is 10.5. The Kier molecular flexibility index (Phi) is 4.71. The fourth-order valence-electron chi connectivity index (χ4n) is 1.10. The van der Waals surface area contributed by atoms with Crippen molar-refractivity contribution in [1.29, 1.82) is 0 Å². The summed E-state index contributed by atoms with van der Waals surface area (Å²) in [6, 6.07) is 0. The number of hydrogen-bond donors (Lipinski definition) is 1. The second-order valence-corrected chi connectivity index (χ2v) is 3.23. The van der Waals surface area contributed by atoms with E-state index in [4.69, 9.17) is 26.8 Å². The highest BCUT2D eigenvalue weighted by atomic mass is 35.5. The van der Waals surface area contributed by atoms with E-state index >= 15 is 0 Å². The van der Waals surface area contributed by atoms with Crippen LogP contribution in [-0.4, -0.2) is 29.7 Å². The number of carbonyl (C=O) groups excluding carboxylic acids is 1. The fourth-order valence-corrected chi connectivity index (χ4v) is 1.36. The van der Waals surface area contributed by atoms with Crippen LogP contribution in [0.1, 0.15) is 12.6 Å². The molecular weight excluding hydrogens is 246 g/mol. The molecule has 92 valence electrons. The number of anilines is 1. The summed E-state index contributed by atoms with van der Waals surface area (Å²) >= 11 is 5.81. The molecule has 0 fully saturated rings. The smallest absolute Gasteiger partial charge is 0.330 e. The van der Waals surface area contributed by atoms with E-state index in [0.29, 0.717) is 12.3 Å². The summed E-state index contributed by atoms with van der Waals surface area (Å²) in [4.78, 5) is 18.8. The maximum atomic E-state index is 11.1. The number of nitrogens with two attached hydrogens (primary N) is 1. The topological polar surface area (TPSA) is 87.3 Å². The number of carbonyl (C=O) groups is 1. The van der Waals surface area contributed by atoms with Crippen LogP contribution in [0, 0.1) is 0 Å². The van der Waals surface area contributed by atoms with Crippen molar-refractivity contribution in [3.05, 3.63) is 16.9 Å². The molecule has 0 saturated heterocycles. The molecule has 2 N–H and O–H groups in total. The van der Waals surface area contributed by atoms with Gasteiger partial charge < -0.3 is 15.2 Å². The van der Waals surface area contributed by atoms with E-state index in [1.165, 1.54) is 19.3 Å². The maximum Gasteiger partial charge on any atom is 0.330 e. The molecule has 0 unspecified atom stereocenters. The van der Waals surface area contributed by atoms with Crippen molar-refractivity contribution < 1.29 is 14.3 Å². The minimum absolute atomic E-state index is 0.000640. The van der Waals surface area contributed by atoms with Crippen LogP contribution in [0.25, 0.3) is 6.08 Å². The van der Waals surface area contributed by atoms with Gasteiger partial charge in [0.15, 0.2) is 10.9 Å². The van der Waals surface area contributed by atoms with Crippen LogP contribution >= 0.6 is 11.6 Å². The minimum Gasteiger partial charge on any atom is -0.491 e. The first kappa shape index (κ1) is 13.2. The zero-order valence-corrected chi connectivity index (χ0v) is 10.2.